The fourth-order valence-corrected chi connectivity index (χ4v) is 5.15. The van der Waals surface area contributed by atoms with Crippen molar-refractivity contribution in [3.05, 3.63) is 29.3 Å². The van der Waals surface area contributed by atoms with Gasteiger partial charge in [-0.3, -0.25) is 4.79 Å². The normalized spacial score (nSPS) is 18.8. The van der Waals surface area contributed by atoms with Crippen LogP contribution < -0.4 is 0 Å². The highest BCUT2D eigenvalue weighted by Gasteiger charge is 2.30. The molecule has 1 aliphatic carbocycles. The van der Waals surface area contributed by atoms with Crippen LogP contribution in [0.2, 0.25) is 0 Å². The van der Waals surface area contributed by atoms with Crippen LogP contribution in [0.4, 0.5) is 0 Å². The SMILES string of the molecule is CN(C)CCC(=O)N1CCN(S(=O)(=O)c2ccc3c(c2)CCCC3)CC1. The van der Waals surface area contributed by atoms with Crippen LogP contribution in [0, 0.1) is 0 Å². The Labute approximate surface area is 156 Å². The lowest BCUT2D eigenvalue weighted by Gasteiger charge is -2.34. The second-order valence-corrected chi connectivity index (χ2v) is 9.41. The van der Waals surface area contributed by atoms with Crippen molar-refractivity contribution in [3.8, 4) is 0 Å². The zero-order valence-corrected chi connectivity index (χ0v) is 16.6. The number of nitrogens with zero attached hydrogens (tertiary/aromatic N) is 3. The second-order valence-electron chi connectivity index (χ2n) is 7.48. The van der Waals surface area contributed by atoms with E-state index in [1.54, 1.807) is 11.0 Å². The summed E-state index contributed by atoms with van der Waals surface area (Å²) in [5.74, 6) is 0.101. The average molecular weight is 380 g/mol. The van der Waals surface area contributed by atoms with Crippen molar-refractivity contribution in [1.82, 2.24) is 14.1 Å². The van der Waals surface area contributed by atoms with Crippen molar-refractivity contribution in [3.63, 3.8) is 0 Å². The third-order valence-electron chi connectivity index (χ3n) is 5.32. The Bertz CT molecular complexity index is 753. The van der Waals surface area contributed by atoms with Gasteiger partial charge in [0.15, 0.2) is 0 Å². The fourth-order valence-electron chi connectivity index (χ4n) is 3.67. The molecule has 1 aromatic carbocycles. The molecule has 1 amide bonds. The first-order chi connectivity index (χ1) is 12.4. The Morgan fingerprint density at radius 3 is 2.35 bits per heavy atom. The lowest BCUT2D eigenvalue weighted by Crippen LogP contribution is -2.50. The molecule has 0 N–H and O–H groups in total. The number of aryl methyl sites for hydroxylation is 2. The van der Waals surface area contributed by atoms with E-state index in [9.17, 15) is 13.2 Å². The first-order valence-corrected chi connectivity index (χ1v) is 10.9. The zero-order chi connectivity index (χ0) is 18.7. The topological polar surface area (TPSA) is 60.9 Å². The lowest BCUT2D eigenvalue weighted by molar-refractivity contribution is -0.132. The van der Waals surface area contributed by atoms with E-state index in [0.717, 1.165) is 19.3 Å². The van der Waals surface area contributed by atoms with Crippen LogP contribution in [-0.2, 0) is 27.7 Å². The summed E-state index contributed by atoms with van der Waals surface area (Å²) >= 11 is 0. The third-order valence-corrected chi connectivity index (χ3v) is 7.22. The van der Waals surface area contributed by atoms with Gasteiger partial charge in [0.1, 0.15) is 0 Å². The minimum absolute atomic E-state index is 0.101. The van der Waals surface area contributed by atoms with Gasteiger partial charge in [-0.2, -0.15) is 4.31 Å². The highest BCUT2D eigenvalue weighted by atomic mass is 32.2. The highest BCUT2D eigenvalue weighted by Crippen LogP contribution is 2.26. The molecule has 3 rings (SSSR count). The molecule has 2 aliphatic rings. The molecule has 6 nitrogen and oxygen atoms in total. The van der Waals surface area contributed by atoms with Gasteiger partial charge in [0.05, 0.1) is 4.90 Å². The number of carbonyl (C=O) groups is 1. The number of hydrogen-bond acceptors (Lipinski definition) is 4. The summed E-state index contributed by atoms with van der Waals surface area (Å²) in [6.45, 7) is 2.39. The van der Waals surface area contributed by atoms with E-state index in [2.05, 4.69) is 0 Å². The van der Waals surface area contributed by atoms with E-state index in [0.29, 0.717) is 44.0 Å². The van der Waals surface area contributed by atoms with E-state index in [1.165, 1.54) is 21.9 Å². The van der Waals surface area contributed by atoms with Crippen LogP contribution >= 0.6 is 0 Å². The van der Waals surface area contributed by atoms with Crippen molar-refractivity contribution in [2.75, 3.05) is 46.8 Å². The van der Waals surface area contributed by atoms with E-state index < -0.39 is 10.0 Å². The van der Waals surface area contributed by atoms with Crippen molar-refractivity contribution < 1.29 is 13.2 Å². The molecule has 1 fully saturated rings. The van der Waals surface area contributed by atoms with Crippen LogP contribution in [0.25, 0.3) is 0 Å². The van der Waals surface area contributed by atoms with Gasteiger partial charge in [0, 0.05) is 39.1 Å². The summed E-state index contributed by atoms with van der Waals surface area (Å²) in [5.41, 5.74) is 2.46. The maximum atomic E-state index is 13.0. The van der Waals surface area contributed by atoms with Crippen molar-refractivity contribution in [1.29, 1.82) is 0 Å². The van der Waals surface area contributed by atoms with Crippen LogP contribution in [0.1, 0.15) is 30.4 Å². The summed E-state index contributed by atoms with van der Waals surface area (Å²) in [6, 6.07) is 5.58. The third kappa shape index (κ3) is 4.27. The molecule has 0 unspecified atom stereocenters. The number of piperazine rings is 1. The molecule has 1 aliphatic heterocycles. The average Bonchev–Trinajstić information content (AvgIpc) is 2.65. The summed E-state index contributed by atoms with van der Waals surface area (Å²) in [4.78, 5) is 16.4. The molecule has 144 valence electrons. The van der Waals surface area contributed by atoms with Gasteiger partial charge >= 0.3 is 0 Å². The number of rotatable bonds is 5. The summed E-state index contributed by atoms with van der Waals surface area (Å²) in [6.07, 6.45) is 4.80. The van der Waals surface area contributed by atoms with Crippen LogP contribution in [-0.4, -0.2) is 75.2 Å². The van der Waals surface area contributed by atoms with Crippen molar-refractivity contribution in [2.45, 2.75) is 37.0 Å². The molecule has 1 heterocycles. The van der Waals surface area contributed by atoms with Gasteiger partial charge in [-0.05, 0) is 63.0 Å². The summed E-state index contributed by atoms with van der Waals surface area (Å²) in [7, 11) is 0.398. The minimum atomic E-state index is -3.48. The Kier molecular flexibility index (Phi) is 5.99. The van der Waals surface area contributed by atoms with Crippen LogP contribution in [0.3, 0.4) is 0 Å². The van der Waals surface area contributed by atoms with Gasteiger partial charge in [-0.15, -0.1) is 0 Å². The number of benzene rings is 1. The van der Waals surface area contributed by atoms with E-state index >= 15 is 0 Å². The van der Waals surface area contributed by atoms with Gasteiger partial charge in [0.2, 0.25) is 15.9 Å². The fraction of sp³-hybridized carbons (Fsp3) is 0.632. The van der Waals surface area contributed by atoms with Crippen molar-refractivity contribution in [2.24, 2.45) is 0 Å². The van der Waals surface area contributed by atoms with Crippen LogP contribution in [0.5, 0.6) is 0 Å². The molecule has 0 aromatic heterocycles. The maximum Gasteiger partial charge on any atom is 0.243 e. The molecule has 0 radical (unpaired) electrons. The number of amides is 1. The molecule has 0 atom stereocenters. The standard InChI is InChI=1S/C19H29N3O3S/c1-20(2)10-9-19(23)21-11-13-22(14-12-21)26(24,25)18-8-7-16-5-3-4-6-17(16)15-18/h7-8,15H,3-6,9-14H2,1-2H3. The molecule has 0 bridgehead atoms. The minimum Gasteiger partial charge on any atom is -0.340 e. The zero-order valence-electron chi connectivity index (χ0n) is 15.8. The largest absolute Gasteiger partial charge is 0.340 e. The molecule has 0 saturated carbocycles. The monoisotopic (exact) mass is 379 g/mol. The first-order valence-electron chi connectivity index (χ1n) is 9.42. The van der Waals surface area contributed by atoms with Gasteiger partial charge in [-0.25, -0.2) is 8.42 Å². The summed E-state index contributed by atoms with van der Waals surface area (Å²) in [5, 5.41) is 0. The van der Waals surface area contributed by atoms with Gasteiger partial charge < -0.3 is 9.80 Å². The molecular weight excluding hydrogens is 350 g/mol. The molecular formula is C19H29N3O3S. The second kappa shape index (κ2) is 8.06. The Morgan fingerprint density at radius 1 is 1.04 bits per heavy atom. The predicted molar refractivity (Wildman–Crippen MR) is 102 cm³/mol. The molecule has 0 spiro atoms. The quantitative estimate of drug-likeness (QED) is 0.775. The van der Waals surface area contributed by atoms with Gasteiger partial charge in [0.25, 0.3) is 0 Å². The Balaban J connectivity index is 1.64. The highest BCUT2D eigenvalue weighted by molar-refractivity contribution is 7.89. The molecule has 1 aromatic rings. The van der Waals surface area contributed by atoms with Gasteiger partial charge in [-0.1, -0.05) is 6.07 Å². The van der Waals surface area contributed by atoms with E-state index in [-0.39, 0.29) is 5.91 Å². The van der Waals surface area contributed by atoms with Crippen LogP contribution in [0.15, 0.2) is 23.1 Å². The number of carbonyl (C=O) groups excluding carboxylic acids is 1. The molecule has 7 heteroatoms. The van der Waals surface area contributed by atoms with E-state index in [1.807, 2.05) is 31.1 Å². The smallest absolute Gasteiger partial charge is 0.243 e. The lowest BCUT2D eigenvalue weighted by atomic mass is 9.92. The summed E-state index contributed by atoms with van der Waals surface area (Å²) < 4.78 is 27.5. The molecule has 1 saturated heterocycles. The predicted octanol–water partition coefficient (Wildman–Crippen LogP) is 1.35. The number of sulfonamides is 1. The number of fused-ring (bicyclic) bond motifs is 1. The maximum absolute atomic E-state index is 13.0. The molecule has 26 heavy (non-hydrogen) atoms. The van der Waals surface area contributed by atoms with E-state index in [4.69, 9.17) is 0 Å². The Hall–Kier alpha value is -1.44. The van der Waals surface area contributed by atoms with Crippen molar-refractivity contribution >= 4 is 15.9 Å². The Morgan fingerprint density at radius 2 is 1.69 bits per heavy atom. The number of hydrogen-bond donors (Lipinski definition) is 0. The first kappa shape index (κ1) is 19.3.